The first kappa shape index (κ1) is 20.0. The molecule has 0 N–H and O–H groups in total. The minimum absolute atomic E-state index is 0.140. The molecular formula is C18H23Cl2N3OS. The fourth-order valence-corrected chi connectivity index (χ4v) is 3.56. The molecule has 2 aromatic rings. The summed E-state index contributed by atoms with van der Waals surface area (Å²) in [5.74, 6) is 0.549. The average Bonchev–Trinajstić information content (AvgIpc) is 2.89. The number of hydrogen-bond acceptors (Lipinski definition) is 4. The second kappa shape index (κ2) is 7.94. The molecule has 0 atom stereocenters. The fraction of sp³-hybridized carbons (Fsp3) is 0.444. The molecule has 0 bridgehead atoms. The van der Waals surface area contributed by atoms with Gasteiger partial charge in [-0.05, 0) is 31.5 Å². The molecular weight excluding hydrogens is 377 g/mol. The van der Waals surface area contributed by atoms with Gasteiger partial charge < -0.3 is 9.64 Å². The van der Waals surface area contributed by atoms with Crippen molar-refractivity contribution in [3.05, 3.63) is 33.4 Å². The molecule has 136 valence electrons. The maximum atomic E-state index is 6.43. The number of nitrogens with zero attached hydrogens (tertiary/aromatic N) is 3. The Bertz CT molecular complexity index is 781. The highest BCUT2D eigenvalue weighted by Gasteiger charge is 2.25. The van der Waals surface area contributed by atoms with Crippen molar-refractivity contribution < 1.29 is 4.74 Å². The summed E-state index contributed by atoms with van der Waals surface area (Å²) in [5.41, 5.74) is 2.46. The van der Waals surface area contributed by atoms with Crippen molar-refractivity contribution in [1.82, 2.24) is 9.27 Å². The van der Waals surface area contributed by atoms with Crippen molar-refractivity contribution in [3.63, 3.8) is 0 Å². The van der Waals surface area contributed by atoms with E-state index in [1.807, 2.05) is 24.9 Å². The smallest absolute Gasteiger partial charge is 0.219 e. The Morgan fingerprint density at radius 3 is 2.56 bits per heavy atom. The molecule has 7 heteroatoms. The normalized spacial score (nSPS) is 12.0. The van der Waals surface area contributed by atoms with Gasteiger partial charge in [-0.3, -0.25) is 0 Å². The van der Waals surface area contributed by atoms with Crippen LogP contribution in [0.4, 0.5) is 5.69 Å². The van der Waals surface area contributed by atoms with Crippen LogP contribution in [0.2, 0.25) is 10.0 Å². The molecule has 0 unspecified atom stereocenters. The zero-order chi connectivity index (χ0) is 18.8. The highest BCUT2D eigenvalue weighted by Crippen LogP contribution is 2.43. The maximum Gasteiger partial charge on any atom is 0.219 e. The summed E-state index contributed by atoms with van der Waals surface area (Å²) in [4.78, 5) is 6.45. The summed E-state index contributed by atoms with van der Waals surface area (Å²) < 4.78 is 10.4. The van der Waals surface area contributed by atoms with Gasteiger partial charge in [-0.25, -0.2) is 4.99 Å². The molecule has 4 nitrogen and oxygen atoms in total. The second-order valence-corrected chi connectivity index (χ2v) is 8.39. The summed E-state index contributed by atoms with van der Waals surface area (Å²) in [5, 5.41) is 1.58. The molecule has 2 rings (SSSR count). The number of benzene rings is 1. The topological polar surface area (TPSA) is 37.7 Å². The van der Waals surface area contributed by atoms with Crippen molar-refractivity contribution in [2.45, 2.75) is 40.0 Å². The quantitative estimate of drug-likeness (QED) is 0.427. The fourth-order valence-electron chi connectivity index (χ4n) is 2.00. The molecule has 0 saturated heterocycles. The van der Waals surface area contributed by atoms with Crippen LogP contribution in [0.3, 0.4) is 0 Å². The summed E-state index contributed by atoms with van der Waals surface area (Å²) in [6, 6.07) is 3.67. The minimum atomic E-state index is -0.140. The third kappa shape index (κ3) is 4.87. The van der Waals surface area contributed by atoms with E-state index < -0.39 is 0 Å². The zero-order valence-corrected chi connectivity index (χ0v) is 17.7. The van der Waals surface area contributed by atoms with Crippen LogP contribution in [0.1, 0.15) is 39.0 Å². The molecule has 0 aliphatic rings. The molecule has 25 heavy (non-hydrogen) atoms. The molecule has 0 saturated carbocycles. The summed E-state index contributed by atoms with van der Waals surface area (Å²) in [6.07, 6.45) is 1.79. The van der Waals surface area contributed by atoms with E-state index in [4.69, 9.17) is 27.9 Å². The minimum Gasteiger partial charge on any atom is -0.442 e. The first-order valence-electron chi connectivity index (χ1n) is 8.01. The van der Waals surface area contributed by atoms with Crippen molar-refractivity contribution in [2.24, 2.45) is 4.99 Å². The Labute approximate surface area is 163 Å². The van der Waals surface area contributed by atoms with Gasteiger partial charge in [0.05, 0.1) is 22.7 Å². The molecule has 0 spiro atoms. The summed E-state index contributed by atoms with van der Waals surface area (Å²) in [7, 11) is 1.97. The van der Waals surface area contributed by atoms with E-state index in [9.17, 15) is 0 Å². The van der Waals surface area contributed by atoms with Crippen molar-refractivity contribution in [2.75, 3.05) is 13.6 Å². The zero-order valence-electron chi connectivity index (χ0n) is 15.4. The average molecular weight is 400 g/mol. The van der Waals surface area contributed by atoms with Crippen LogP contribution in [0, 0.1) is 6.92 Å². The maximum absolute atomic E-state index is 6.43. The van der Waals surface area contributed by atoms with Gasteiger partial charge in [0.25, 0.3) is 0 Å². The van der Waals surface area contributed by atoms with Crippen LogP contribution in [0.5, 0.6) is 10.8 Å². The third-order valence-corrected chi connectivity index (χ3v) is 5.15. The summed E-state index contributed by atoms with van der Waals surface area (Å²) in [6.45, 7) is 11.1. The first-order valence-corrected chi connectivity index (χ1v) is 9.54. The van der Waals surface area contributed by atoms with E-state index in [1.165, 1.54) is 11.5 Å². The van der Waals surface area contributed by atoms with E-state index >= 15 is 0 Å². The van der Waals surface area contributed by atoms with E-state index in [1.54, 1.807) is 12.4 Å². The predicted molar refractivity (Wildman–Crippen MR) is 109 cm³/mol. The van der Waals surface area contributed by atoms with Gasteiger partial charge in [0, 0.05) is 30.5 Å². The highest BCUT2D eigenvalue weighted by molar-refractivity contribution is 7.08. The van der Waals surface area contributed by atoms with E-state index in [2.05, 4.69) is 37.1 Å². The molecule has 1 aromatic carbocycles. The number of hydrogen-bond donors (Lipinski definition) is 0. The van der Waals surface area contributed by atoms with Crippen molar-refractivity contribution >= 4 is 46.8 Å². The van der Waals surface area contributed by atoms with Gasteiger partial charge >= 0.3 is 0 Å². The standard InChI is InChI=1S/C18H23Cl2N3OS/c1-7-23(6)10-21-13-9-12(19)14(8-11(13)2)24-17-15(20)16(22-25-17)18(3,4)5/h8-10H,7H2,1-6H3. The monoisotopic (exact) mass is 399 g/mol. The number of ether oxygens (including phenoxy) is 1. The van der Waals surface area contributed by atoms with Gasteiger partial charge in [0.15, 0.2) is 0 Å². The SMILES string of the molecule is CCN(C)C=Nc1cc(Cl)c(Oc2snc(C(C)(C)C)c2Cl)cc1C. The van der Waals surface area contributed by atoms with E-state index in [0.29, 0.717) is 20.9 Å². The van der Waals surface area contributed by atoms with Gasteiger partial charge in [-0.15, -0.1) is 0 Å². The van der Waals surface area contributed by atoms with Gasteiger partial charge in [0.2, 0.25) is 5.06 Å². The lowest BCUT2D eigenvalue weighted by Crippen LogP contribution is -2.14. The van der Waals surface area contributed by atoms with Crippen LogP contribution in [0.15, 0.2) is 17.1 Å². The lowest BCUT2D eigenvalue weighted by atomic mass is 9.92. The van der Waals surface area contributed by atoms with Crippen LogP contribution in [0.25, 0.3) is 0 Å². The number of halogens is 2. The van der Waals surface area contributed by atoms with Gasteiger partial charge in [-0.2, -0.15) is 4.37 Å². The second-order valence-electron chi connectivity index (χ2n) is 6.87. The lowest BCUT2D eigenvalue weighted by Gasteiger charge is -2.15. The first-order chi connectivity index (χ1) is 11.6. The predicted octanol–water partition coefficient (Wildman–Crippen LogP) is 6.46. The molecule has 0 amide bonds. The Balaban J connectivity index is 2.29. The van der Waals surface area contributed by atoms with E-state index in [0.717, 1.165) is 23.5 Å². The molecule has 0 aliphatic carbocycles. The van der Waals surface area contributed by atoms with E-state index in [-0.39, 0.29) is 5.41 Å². The number of aromatic nitrogens is 1. The number of rotatable bonds is 5. The van der Waals surface area contributed by atoms with Crippen LogP contribution in [-0.2, 0) is 5.41 Å². The van der Waals surface area contributed by atoms with Crippen LogP contribution < -0.4 is 4.74 Å². The largest absolute Gasteiger partial charge is 0.442 e. The Hall–Kier alpha value is -1.30. The van der Waals surface area contributed by atoms with Gasteiger partial charge in [0.1, 0.15) is 10.8 Å². The molecule has 0 aliphatic heterocycles. The summed E-state index contributed by atoms with van der Waals surface area (Å²) >= 11 is 14.0. The molecule has 0 radical (unpaired) electrons. The molecule has 1 aromatic heterocycles. The highest BCUT2D eigenvalue weighted by atomic mass is 35.5. The number of aliphatic imine (C=N–C) groups is 1. The molecule has 1 heterocycles. The van der Waals surface area contributed by atoms with Crippen molar-refractivity contribution in [1.29, 1.82) is 0 Å². The van der Waals surface area contributed by atoms with Gasteiger partial charge in [-0.1, -0.05) is 44.0 Å². The number of aryl methyl sites for hydroxylation is 1. The molecule has 0 fully saturated rings. The Morgan fingerprint density at radius 1 is 1.32 bits per heavy atom. The van der Waals surface area contributed by atoms with Crippen molar-refractivity contribution in [3.8, 4) is 10.8 Å². The third-order valence-electron chi connectivity index (χ3n) is 3.66. The lowest BCUT2D eigenvalue weighted by molar-refractivity contribution is 0.494. The van der Waals surface area contributed by atoms with Crippen LogP contribution in [-0.4, -0.2) is 29.2 Å². The van der Waals surface area contributed by atoms with Crippen LogP contribution >= 0.6 is 34.7 Å². The Morgan fingerprint density at radius 2 is 2.00 bits per heavy atom. The Kier molecular flexibility index (Phi) is 6.35.